The van der Waals surface area contributed by atoms with Gasteiger partial charge in [-0.05, 0) is 103 Å². The molecular weight excluding hydrogens is 634 g/mol. The van der Waals surface area contributed by atoms with Gasteiger partial charge >= 0.3 is 7.91 Å². The Labute approximate surface area is 300 Å². The minimum absolute atomic E-state index is 0.398. The molecule has 0 aliphatic rings. The highest BCUT2D eigenvalue weighted by molar-refractivity contribution is 7.48. The van der Waals surface area contributed by atoms with Crippen molar-refractivity contribution in [2.24, 2.45) is 0 Å². The smallest absolute Gasteiger partial charge is 0.355 e. The number of unbranched alkanes of at least 4 members (excludes halogenated alkanes) is 8. The third-order valence-electron chi connectivity index (χ3n) is 7.55. The molecule has 0 spiro atoms. The van der Waals surface area contributed by atoms with E-state index in [1.54, 1.807) is 0 Å². The summed E-state index contributed by atoms with van der Waals surface area (Å²) in [5, 5.41) is 0. The first kappa shape index (κ1) is 46.9. The first-order chi connectivity index (χ1) is 24.0. The SMILES string of the molecule is CCCCC/C=C\C/C=C\C/C=C\C/C=C\CCCC(OC)OP(=O)(F)OC(CCC/C=C\C/C=C\C/C=C\C/C=C\CCCCC)OC. The van der Waals surface area contributed by atoms with Crippen molar-refractivity contribution in [2.75, 3.05) is 14.2 Å². The van der Waals surface area contributed by atoms with Crippen molar-refractivity contribution in [3.8, 4) is 0 Å². The molecule has 0 N–H and O–H groups in total. The molecule has 0 rings (SSSR count). The first-order valence-corrected chi connectivity index (χ1v) is 20.3. The molecule has 2 atom stereocenters. The Bertz CT molecular complexity index is 935. The van der Waals surface area contributed by atoms with E-state index < -0.39 is 20.5 Å². The first-order valence-electron chi connectivity index (χ1n) is 18.9. The van der Waals surface area contributed by atoms with Crippen molar-refractivity contribution < 1.29 is 27.3 Å². The second-order valence-corrected chi connectivity index (χ2v) is 13.3. The van der Waals surface area contributed by atoms with Gasteiger partial charge in [-0.2, -0.15) is 0 Å². The van der Waals surface area contributed by atoms with Crippen LogP contribution in [-0.2, 0) is 23.1 Å². The number of halogens is 1. The summed E-state index contributed by atoms with van der Waals surface area (Å²) in [5.74, 6) is 0. The van der Waals surface area contributed by atoms with Crippen molar-refractivity contribution in [3.05, 3.63) is 97.2 Å². The van der Waals surface area contributed by atoms with Crippen LogP contribution < -0.4 is 0 Å². The van der Waals surface area contributed by atoms with E-state index in [4.69, 9.17) is 18.5 Å². The summed E-state index contributed by atoms with van der Waals surface area (Å²) in [5.41, 5.74) is 0. The lowest BCUT2D eigenvalue weighted by Crippen LogP contribution is -2.18. The molecular formula is C42H70FO5P. The zero-order valence-corrected chi connectivity index (χ0v) is 32.3. The van der Waals surface area contributed by atoms with E-state index in [9.17, 15) is 8.76 Å². The van der Waals surface area contributed by atoms with E-state index in [1.165, 1.54) is 65.6 Å². The molecule has 0 aromatic rings. The second kappa shape index (κ2) is 37.2. The van der Waals surface area contributed by atoms with Crippen LogP contribution in [0.3, 0.4) is 0 Å². The summed E-state index contributed by atoms with van der Waals surface area (Å²) in [6.07, 6.45) is 52.4. The summed E-state index contributed by atoms with van der Waals surface area (Å²) in [6, 6.07) is 0. The van der Waals surface area contributed by atoms with Gasteiger partial charge in [0, 0.05) is 14.2 Å². The Morgan fingerprint density at radius 2 is 0.714 bits per heavy atom. The molecule has 0 saturated carbocycles. The molecule has 0 heterocycles. The van der Waals surface area contributed by atoms with Crippen LogP contribution in [0.4, 0.5) is 4.20 Å². The topological polar surface area (TPSA) is 54.0 Å². The lowest BCUT2D eigenvalue weighted by atomic mass is 10.2. The molecule has 0 saturated heterocycles. The molecule has 0 aromatic carbocycles. The molecule has 0 aromatic heterocycles. The Morgan fingerprint density at radius 1 is 0.449 bits per heavy atom. The fourth-order valence-electron chi connectivity index (χ4n) is 4.66. The fourth-order valence-corrected chi connectivity index (χ4v) is 5.65. The van der Waals surface area contributed by atoms with Gasteiger partial charge in [-0.15, -0.1) is 4.20 Å². The van der Waals surface area contributed by atoms with E-state index in [0.29, 0.717) is 25.7 Å². The minimum atomic E-state index is -4.85. The Balaban J connectivity index is 4.07. The van der Waals surface area contributed by atoms with Crippen LogP contribution in [0.25, 0.3) is 0 Å². The van der Waals surface area contributed by atoms with E-state index in [1.807, 2.05) is 0 Å². The van der Waals surface area contributed by atoms with E-state index in [2.05, 4.69) is 111 Å². The Hall–Kier alpha value is -2.08. The Morgan fingerprint density at radius 3 is 0.980 bits per heavy atom. The number of hydrogen-bond donors (Lipinski definition) is 0. The number of methoxy groups -OCH3 is 2. The predicted molar refractivity (Wildman–Crippen MR) is 209 cm³/mol. The lowest BCUT2D eigenvalue weighted by Gasteiger charge is -2.21. The van der Waals surface area contributed by atoms with Gasteiger partial charge in [0.25, 0.3) is 0 Å². The third-order valence-corrected chi connectivity index (χ3v) is 8.52. The second-order valence-electron chi connectivity index (χ2n) is 12.0. The van der Waals surface area contributed by atoms with Crippen LogP contribution in [-0.4, -0.2) is 26.8 Å². The summed E-state index contributed by atoms with van der Waals surface area (Å²) >= 11 is 0. The minimum Gasteiger partial charge on any atom is -0.355 e. The number of hydrogen-bond acceptors (Lipinski definition) is 5. The third kappa shape index (κ3) is 35.5. The van der Waals surface area contributed by atoms with E-state index in [-0.39, 0.29) is 0 Å². The average molecular weight is 705 g/mol. The van der Waals surface area contributed by atoms with Gasteiger partial charge in [0.2, 0.25) is 0 Å². The summed E-state index contributed by atoms with van der Waals surface area (Å²) in [4.78, 5) is 0. The quantitative estimate of drug-likeness (QED) is 0.0289. The van der Waals surface area contributed by atoms with E-state index in [0.717, 1.165) is 51.4 Å². The van der Waals surface area contributed by atoms with Crippen molar-refractivity contribution in [2.45, 2.75) is 155 Å². The van der Waals surface area contributed by atoms with Crippen molar-refractivity contribution in [1.29, 1.82) is 0 Å². The van der Waals surface area contributed by atoms with Gasteiger partial charge in [-0.1, -0.05) is 137 Å². The molecule has 0 radical (unpaired) electrons. The predicted octanol–water partition coefficient (Wildman–Crippen LogP) is 14.3. The van der Waals surface area contributed by atoms with Gasteiger partial charge in [-0.3, -0.25) is 9.05 Å². The van der Waals surface area contributed by atoms with E-state index >= 15 is 0 Å². The molecule has 5 nitrogen and oxygen atoms in total. The van der Waals surface area contributed by atoms with Gasteiger partial charge in [-0.25, -0.2) is 4.57 Å². The zero-order chi connectivity index (χ0) is 35.9. The molecule has 0 fully saturated rings. The monoisotopic (exact) mass is 704 g/mol. The summed E-state index contributed by atoms with van der Waals surface area (Å²) < 4.78 is 47.6. The van der Waals surface area contributed by atoms with Gasteiger partial charge in [0.05, 0.1) is 0 Å². The standard InChI is InChI=1S/C42H70FO5P/c1-5-7-9-11-13-15-17-19-21-23-25-27-29-31-33-35-37-39-41(45-3)47-49(43,44)48-42(46-4)40-38-36-34-32-30-28-26-24-22-20-18-16-14-12-10-8-6-2/h13-16,19-22,25-28,31-34,41-42H,5-12,17-18,23-24,29-30,35-40H2,1-4H3/b15-13-,16-14-,21-19-,22-20-,27-25-,28-26-,33-31-,34-32-. The van der Waals surface area contributed by atoms with Gasteiger partial charge in [0.15, 0.2) is 12.6 Å². The van der Waals surface area contributed by atoms with Crippen LogP contribution in [0.2, 0.25) is 0 Å². The van der Waals surface area contributed by atoms with Crippen LogP contribution in [0, 0.1) is 0 Å². The maximum atomic E-state index is 14.7. The molecule has 0 aliphatic heterocycles. The van der Waals surface area contributed by atoms with Crippen LogP contribution >= 0.6 is 7.91 Å². The molecule has 0 amide bonds. The van der Waals surface area contributed by atoms with Crippen molar-refractivity contribution >= 4 is 7.91 Å². The van der Waals surface area contributed by atoms with Crippen LogP contribution in [0.1, 0.15) is 142 Å². The lowest BCUT2D eigenvalue weighted by molar-refractivity contribution is -0.108. The van der Waals surface area contributed by atoms with Crippen molar-refractivity contribution in [3.63, 3.8) is 0 Å². The largest absolute Gasteiger partial charge is 0.517 e. The highest BCUT2D eigenvalue weighted by Crippen LogP contribution is 2.53. The van der Waals surface area contributed by atoms with Crippen LogP contribution in [0.5, 0.6) is 0 Å². The highest BCUT2D eigenvalue weighted by atomic mass is 31.2. The number of ether oxygens (including phenoxy) is 2. The molecule has 2 unspecified atom stereocenters. The maximum absolute atomic E-state index is 14.7. The maximum Gasteiger partial charge on any atom is 0.517 e. The highest BCUT2D eigenvalue weighted by Gasteiger charge is 2.32. The van der Waals surface area contributed by atoms with Gasteiger partial charge < -0.3 is 9.47 Å². The molecule has 280 valence electrons. The molecule has 0 aliphatic carbocycles. The summed E-state index contributed by atoms with van der Waals surface area (Å²) in [6.45, 7) is 4.46. The Kier molecular flexibility index (Phi) is 35.6. The van der Waals surface area contributed by atoms with Gasteiger partial charge in [0.1, 0.15) is 0 Å². The summed E-state index contributed by atoms with van der Waals surface area (Å²) in [7, 11) is -2.03. The normalized spacial score (nSPS) is 15.6. The molecule has 0 bridgehead atoms. The van der Waals surface area contributed by atoms with Crippen LogP contribution in [0.15, 0.2) is 97.2 Å². The zero-order valence-electron chi connectivity index (χ0n) is 31.4. The molecule has 49 heavy (non-hydrogen) atoms. The average Bonchev–Trinajstić information content (AvgIpc) is 3.09. The number of allylic oxidation sites excluding steroid dienone is 16. The van der Waals surface area contributed by atoms with Crippen molar-refractivity contribution in [1.82, 2.24) is 0 Å². The number of rotatable bonds is 34. The molecule has 7 heteroatoms. The fraction of sp³-hybridized carbons (Fsp3) is 0.619.